The van der Waals surface area contributed by atoms with E-state index in [4.69, 9.17) is 4.74 Å². The van der Waals surface area contributed by atoms with Crippen molar-refractivity contribution in [2.45, 2.75) is 0 Å². The van der Waals surface area contributed by atoms with E-state index in [0.29, 0.717) is 12.0 Å². The molecule has 0 aromatic carbocycles. The van der Waals surface area contributed by atoms with Gasteiger partial charge in [0.15, 0.2) is 0 Å². The molecule has 0 aliphatic heterocycles. The number of hydrogen-bond donors (Lipinski definition) is 1. The minimum absolute atomic E-state index is 0.108. The molecule has 1 rings (SSSR count). The van der Waals surface area contributed by atoms with Crippen LogP contribution in [0.2, 0.25) is 0 Å². The summed E-state index contributed by atoms with van der Waals surface area (Å²) in [4.78, 5) is 23.6. The van der Waals surface area contributed by atoms with E-state index in [0.717, 1.165) is 0 Å². The van der Waals surface area contributed by atoms with Gasteiger partial charge in [0, 0.05) is 6.20 Å². The van der Waals surface area contributed by atoms with Gasteiger partial charge in [0.25, 0.3) is 0 Å². The number of allylic oxidation sites excluding steroid dienone is 1. The van der Waals surface area contributed by atoms with Crippen LogP contribution < -0.4 is 0 Å². The maximum atomic E-state index is 11.1. The molecule has 13 heavy (non-hydrogen) atoms. The van der Waals surface area contributed by atoms with Crippen LogP contribution in [0.5, 0.6) is 0 Å². The fourth-order valence-electron chi connectivity index (χ4n) is 0.770. The maximum absolute atomic E-state index is 11.1. The first-order chi connectivity index (χ1) is 6.34. The predicted octanol–water partition coefficient (Wildman–Crippen LogP) is 0.927. The summed E-state index contributed by atoms with van der Waals surface area (Å²) in [6, 6.07) is 3.32. The number of carbonyl (C=O) groups excluding carboxylic acids is 2. The lowest BCUT2D eigenvalue weighted by Gasteiger charge is -1.97. The quantitative estimate of drug-likeness (QED) is 0.425. The van der Waals surface area contributed by atoms with E-state index in [9.17, 15) is 9.59 Å². The molecule has 0 atom stereocenters. The number of aldehydes is 1. The zero-order valence-electron chi connectivity index (χ0n) is 6.90. The van der Waals surface area contributed by atoms with Gasteiger partial charge in [-0.1, -0.05) is 0 Å². The zero-order chi connectivity index (χ0) is 9.52. The second-order valence-corrected chi connectivity index (χ2v) is 2.25. The number of ether oxygens (including phenoxy) is 1. The van der Waals surface area contributed by atoms with Crippen molar-refractivity contribution in [3.05, 3.63) is 36.2 Å². The number of nitrogens with one attached hydrogen (secondary N) is 1. The molecule has 0 radical (unpaired) electrons. The SMILES string of the molecule is O=CC=CCOC(=O)c1ccc[nH]1. The van der Waals surface area contributed by atoms with Crippen molar-refractivity contribution in [1.82, 2.24) is 4.98 Å². The van der Waals surface area contributed by atoms with Crippen LogP contribution in [0, 0.1) is 0 Å². The maximum Gasteiger partial charge on any atom is 0.355 e. The van der Waals surface area contributed by atoms with E-state index in [1.807, 2.05) is 0 Å². The van der Waals surface area contributed by atoms with Crippen LogP contribution in [0.3, 0.4) is 0 Å². The average Bonchev–Trinajstić information content (AvgIpc) is 2.65. The van der Waals surface area contributed by atoms with Gasteiger partial charge < -0.3 is 9.72 Å². The van der Waals surface area contributed by atoms with Crippen molar-refractivity contribution in [2.24, 2.45) is 0 Å². The summed E-state index contributed by atoms with van der Waals surface area (Å²) in [5, 5.41) is 0. The number of carbonyl (C=O) groups is 2. The van der Waals surface area contributed by atoms with E-state index in [2.05, 4.69) is 4.98 Å². The molecule has 0 amide bonds. The summed E-state index contributed by atoms with van der Waals surface area (Å²) in [6.45, 7) is 0.108. The molecule has 0 spiro atoms. The Kier molecular flexibility index (Phi) is 3.50. The van der Waals surface area contributed by atoms with E-state index in [1.54, 1.807) is 18.3 Å². The van der Waals surface area contributed by atoms with Crippen LogP contribution in [-0.4, -0.2) is 23.8 Å². The number of aromatic nitrogens is 1. The lowest BCUT2D eigenvalue weighted by Crippen LogP contribution is -2.05. The first kappa shape index (κ1) is 9.25. The lowest BCUT2D eigenvalue weighted by molar-refractivity contribution is -0.104. The molecule has 1 N–H and O–H groups in total. The minimum atomic E-state index is -0.430. The first-order valence-corrected chi connectivity index (χ1v) is 3.75. The molecule has 68 valence electrons. The van der Waals surface area contributed by atoms with Gasteiger partial charge in [-0.3, -0.25) is 4.79 Å². The Labute approximate surface area is 75.2 Å². The monoisotopic (exact) mass is 179 g/mol. The topological polar surface area (TPSA) is 59.2 Å². The third-order valence-electron chi connectivity index (χ3n) is 1.34. The van der Waals surface area contributed by atoms with Crippen LogP contribution in [0.25, 0.3) is 0 Å². The van der Waals surface area contributed by atoms with Crippen LogP contribution in [0.15, 0.2) is 30.5 Å². The first-order valence-electron chi connectivity index (χ1n) is 3.75. The molecular weight excluding hydrogens is 170 g/mol. The second-order valence-electron chi connectivity index (χ2n) is 2.25. The molecule has 1 aromatic rings. The van der Waals surface area contributed by atoms with Crippen molar-refractivity contribution in [1.29, 1.82) is 0 Å². The largest absolute Gasteiger partial charge is 0.457 e. The zero-order valence-corrected chi connectivity index (χ0v) is 6.90. The van der Waals surface area contributed by atoms with Gasteiger partial charge in [-0.05, 0) is 24.3 Å². The molecule has 0 unspecified atom stereocenters. The Morgan fingerprint density at radius 3 is 3.08 bits per heavy atom. The molecule has 0 aliphatic rings. The highest BCUT2D eigenvalue weighted by Crippen LogP contribution is 1.96. The number of hydrogen-bond acceptors (Lipinski definition) is 3. The van der Waals surface area contributed by atoms with Crippen LogP contribution in [0.1, 0.15) is 10.5 Å². The van der Waals surface area contributed by atoms with E-state index < -0.39 is 5.97 Å². The van der Waals surface area contributed by atoms with Crippen LogP contribution >= 0.6 is 0 Å². The highest BCUT2D eigenvalue weighted by atomic mass is 16.5. The molecule has 0 saturated carbocycles. The molecule has 0 saturated heterocycles. The van der Waals surface area contributed by atoms with Gasteiger partial charge >= 0.3 is 5.97 Å². The van der Waals surface area contributed by atoms with Crippen molar-refractivity contribution in [3.8, 4) is 0 Å². The summed E-state index contributed by atoms with van der Waals surface area (Å²) in [5.41, 5.74) is 0.402. The average molecular weight is 179 g/mol. The lowest BCUT2D eigenvalue weighted by atomic mass is 10.4. The number of aromatic amines is 1. The molecule has 4 nitrogen and oxygen atoms in total. The second kappa shape index (κ2) is 4.92. The molecule has 4 heteroatoms. The fraction of sp³-hybridized carbons (Fsp3) is 0.111. The smallest absolute Gasteiger partial charge is 0.355 e. The number of rotatable bonds is 4. The summed E-state index contributed by atoms with van der Waals surface area (Å²) in [5.74, 6) is -0.430. The number of esters is 1. The molecule has 0 bridgehead atoms. The van der Waals surface area contributed by atoms with Gasteiger partial charge in [-0.25, -0.2) is 4.79 Å². The molecular formula is C9H9NO3. The Morgan fingerprint density at radius 1 is 1.62 bits per heavy atom. The van der Waals surface area contributed by atoms with Gasteiger partial charge in [0.2, 0.25) is 0 Å². The van der Waals surface area contributed by atoms with Gasteiger partial charge in [0.05, 0.1) is 0 Å². The molecule has 1 heterocycles. The summed E-state index contributed by atoms with van der Waals surface area (Å²) in [7, 11) is 0. The van der Waals surface area contributed by atoms with Crippen molar-refractivity contribution in [3.63, 3.8) is 0 Å². The van der Waals surface area contributed by atoms with E-state index in [-0.39, 0.29) is 6.61 Å². The normalized spacial score (nSPS) is 10.2. The van der Waals surface area contributed by atoms with Gasteiger partial charge in [-0.15, -0.1) is 0 Å². The van der Waals surface area contributed by atoms with Gasteiger partial charge in [0.1, 0.15) is 18.6 Å². The van der Waals surface area contributed by atoms with Crippen molar-refractivity contribution < 1.29 is 14.3 Å². The highest BCUT2D eigenvalue weighted by Gasteiger charge is 2.04. The van der Waals surface area contributed by atoms with Crippen LogP contribution in [0.4, 0.5) is 0 Å². The van der Waals surface area contributed by atoms with E-state index in [1.165, 1.54) is 12.2 Å². The third-order valence-corrected chi connectivity index (χ3v) is 1.34. The van der Waals surface area contributed by atoms with Crippen LogP contribution in [-0.2, 0) is 9.53 Å². The third kappa shape index (κ3) is 2.94. The Balaban J connectivity index is 2.34. The Bertz CT molecular complexity index is 301. The highest BCUT2D eigenvalue weighted by molar-refractivity contribution is 5.87. The predicted molar refractivity (Wildman–Crippen MR) is 46.3 cm³/mol. The van der Waals surface area contributed by atoms with E-state index >= 15 is 0 Å². The molecule has 0 aliphatic carbocycles. The minimum Gasteiger partial charge on any atom is -0.457 e. The number of H-pyrrole nitrogens is 1. The summed E-state index contributed by atoms with van der Waals surface area (Å²) < 4.78 is 4.77. The van der Waals surface area contributed by atoms with Crippen molar-refractivity contribution >= 4 is 12.3 Å². The van der Waals surface area contributed by atoms with Gasteiger partial charge in [-0.2, -0.15) is 0 Å². The van der Waals surface area contributed by atoms with Crippen molar-refractivity contribution in [2.75, 3.05) is 6.61 Å². The Morgan fingerprint density at radius 2 is 2.46 bits per heavy atom. The summed E-state index contributed by atoms with van der Waals surface area (Å²) >= 11 is 0. The fourth-order valence-corrected chi connectivity index (χ4v) is 0.770. The Hall–Kier alpha value is -1.84. The summed E-state index contributed by atoms with van der Waals surface area (Å²) in [6.07, 6.45) is 5.01. The molecule has 1 aromatic heterocycles. The molecule has 0 fully saturated rings. The standard InChI is InChI=1S/C9H9NO3/c11-6-1-2-7-13-9(12)8-4-3-5-10-8/h1-6,10H,7H2.